The first kappa shape index (κ1) is 56.0. The van der Waals surface area contributed by atoms with E-state index in [4.69, 9.17) is 18.3 Å². The Morgan fingerprint density at radius 2 is 0.539 bits per heavy atom. The van der Waals surface area contributed by atoms with Gasteiger partial charge in [0.2, 0.25) is 11.5 Å². The Kier molecular flexibility index (Phi) is 15.8. The zero-order valence-electron chi connectivity index (χ0n) is 36.9. The molecule has 6 aromatic carbocycles. The van der Waals surface area contributed by atoms with Crippen LogP contribution in [0.2, 0.25) is 0 Å². The summed E-state index contributed by atoms with van der Waals surface area (Å²) < 4.78 is 317. The van der Waals surface area contributed by atoms with Gasteiger partial charge in [-0.25, -0.2) is 97.4 Å². The Morgan fingerprint density at radius 1 is 0.329 bits per heavy atom. The van der Waals surface area contributed by atoms with E-state index in [1.165, 1.54) is 0 Å². The second kappa shape index (κ2) is 21.4. The summed E-state index contributed by atoms with van der Waals surface area (Å²) in [5.74, 6) is -71.4. The van der Waals surface area contributed by atoms with Crippen LogP contribution in [0.25, 0.3) is 0 Å². The minimum atomic E-state index is -7.22. The topological polar surface area (TPSA) is 78.9 Å². The molecule has 8 rings (SSSR count). The highest BCUT2D eigenvalue weighted by Crippen LogP contribution is 2.31. The number of aryl methyl sites for hydroxylation is 2. The molecule has 0 N–H and O–H groups in total. The first-order chi connectivity index (χ1) is 35.7. The van der Waals surface area contributed by atoms with Crippen LogP contribution in [0.1, 0.15) is 32.2 Å². The van der Waals surface area contributed by atoms with Crippen molar-refractivity contribution in [3.8, 4) is 11.5 Å². The van der Waals surface area contributed by atoms with Gasteiger partial charge in [-0.1, -0.05) is 35.4 Å². The van der Waals surface area contributed by atoms with Crippen LogP contribution in [-0.4, -0.2) is 18.1 Å². The number of furan rings is 2. The molecule has 0 fully saturated rings. The van der Waals surface area contributed by atoms with Crippen molar-refractivity contribution in [2.45, 2.75) is 13.8 Å². The van der Waals surface area contributed by atoms with E-state index in [2.05, 4.69) is 0 Å². The van der Waals surface area contributed by atoms with Crippen LogP contribution in [-0.2, 0) is 0 Å². The lowest BCUT2D eigenvalue weighted by Gasteiger charge is -2.44. The van der Waals surface area contributed by atoms with Crippen LogP contribution in [0.5, 0.6) is 11.5 Å². The first-order valence-electron chi connectivity index (χ1n) is 20.3. The Balaban J connectivity index is 0.000000236. The molecule has 2 heterocycles. The predicted octanol–water partition coefficient (Wildman–Crippen LogP) is 7.90. The lowest BCUT2D eigenvalue weighted by Crippen LogP contribution is -3.61. The van der Waals surface area contributed by atoms with E-state index in [0.717, 1.165) is 11.1 Å². The van der Waals surface area contributed by atoms with Gasteiger partial charge < -0.3 is 18.3 Å². The number of halogens is 21. The zero-order chi connectivity index (χ0) is 56.2. The summed E-state index contributed by atoms with van der Waals surface area (Å²) in [6.45, 7) is 3.91. The van der Waals surface area contributed by atoms with Crippen molar-refractivity contribution in [3.63, 3.8) is 0 Å². The number of hydrogen-bond acceptors (Lipinski definition) is 6. The molecule has 0 bridgehead atoms. The van der Waals surface area contributed by atoms with E-state index in [1.807, 2.05) is 38.1 Å². The van der Waals surface area contributed by atoms with Gasteiger partial charge in [-0.2, -0.15) is 0 Å². The molecule has 0 unspecified atom stereocenters. The van der Waals surface area contributed by atoms with Gasteiger partial charge >= 0.3 is 40.7 Å². The van der Waals surface area contributed by atoms with Crippen LogP contribution in [0, 0.1) is 138 Å². The van der Waals surface area contributed by atoms with Gasteiger partial charge in [0.1, 0.15) is 64.2 Å². The van der Waals surface area contributed by atoms with E-state index in [9.17, 15) is 62.3 Å². The van der Waals surface area contributed by atoms with Crippen LogP contribution in [0.4, 0.5) is 87.8 Å². The van der Waals surface area contributed by atoms with Crippen molar-refractivity contribution in [3.05, 3.63) is 219 Å². The lowest BCUT2D eigenvalue weighted by atomic mass is 9.12. The highest BCUT2D eigenvalue weighted by Gasteiger charge is 2.52. The maximum absolute atomic E-state index is 15.4. The summed E-state index contributed by atoms with van der Waals surface area (Å²) in [4.78, 5) is 24.5. The summed E-state index contributed by atoms with van der Waals surface area (Å²) >= 11 is -0.859. The molecule has 396 valence electrons. The Bertz CT molecular complexity index is 3160. The second-order valence-corrected chi connectivity index (χ2v) is 18.2. The van der Waals surface area contributed by atoms with Crippen molar-refractivity contribution in [1.29, 1.82) is 0 Å². The fraction of sp³-hybridized carbons (Fsp3) is 0.0417. The van der Waals surface area contributed by atoms with Crippen LogP contribution < -0.4 is 52.5 Å². The van der Waals surface area contributed by atoms with Crippen LogP contribution in [0.15, 0.2) is 81.6 Å². The molecule has 0 aliphatic rings. The maximum Gasteiger partial charge on any atom is 0.443 e. The highest BCUT2D eigenvalue weighted by molar-refractivity contribution is 7.20. The molecule has 0 aliphatic carbocycles. The fourth-order valence-corrected chi connectivity index (χ4v) is 9.38. The van der Waals surface area contributed by atoms with E-state index in [-0.39, 0.29) is 11.5 Å². The lowest BCUT2D eigenvalue weighted by molar-refractivity contribution is -0.636. The van der Waals surface area contributed by atoms with Gasteiger partial charge in [-0.3, -0.25) is 0 Å². The second-order valence-electron chi connectivity index (χ2n) is 15.5. The number of rotatable bonds is 10. The van der Waals surface area contributed by atoms with E-state index in [0.29, 0.717) is 19.0 Å². The van der Waals surface area contributed by atoms with Gasteiger partial charge in [0.05, 0.1) is 0 Å². The standard InChI is InChI=1S/C24BF20.C24H18IO6/c26-5-1(6(27)14(35)21(42)13(5)34)25(2-7(28)15(36)22(43)16(37)8(2)29,3-9(30)17(38)23(44)18(39)10(3)31)4-11(32)19(40)24(45)20(41)12(4)33;1-15-3-7-17(8-4-15)28-23(26)19-11-13-21(30-19)25-22-14-12-20(31-22)24(27)29-18-9-5-16(2)6-10-18/h;3-14H,1-2H3/q-1;+1. The molecule has 0 amide bonds. The average Bonchev–Trinajstić information content (AvgIpc) is 4.08. The summed E-state index contributed by atoms with van der Waals surface area (Å²) in [5.41, 5.74) is -12.2. The summed E-state index contributed by atoms with van der Waals surface area (Å²) in [5, 5.41) is 0. The van der Waals surface area contributed by atoms with Crippen molar-refractivity contribution in [2.24, 2.45) is 0 Å². The average molecular weight is 1210 g/mol. The van der Waals surface area contributed by atoms with E-state index in [1.54, 1.807) is 48.5 Å². The molecule has 8 aromatic rings. The van der Waals surface area contributed by atoms with Crippen molar-refractivity contribution >= 4 is 39.9 Å². The van der Waals surface area contributed by atoms with Crippen LogP contribution in [0.3, 0.4) is 0 Å². The Labute approximate surface area is 420 Å². The number of ether oxygens (including phenoxy) is 2. The molecule has 2 aromatic heterocycles. The minimum absolute atomic E-state index is 0.112. The molecule has 76 heavy (non-hydrogen) atoms. The Hall–Kier alpha value is -7.79. The molecular weight excluding hydrogens is 1190 g/mol. The quantitative estimate of drug-likeness (QED) is 0.0264. The smallest absolute Gasteiger partial charge is 0.421 e. The first-order valence-corrected chi connectivity index (χ1v) is 22.5. The molecule has 28 heteroatoms. The number of carbonyl (C=O) groups excluding carboxylic acids is 2. The SMILES string of the molecule is Cc1ccc(OC(=O)c2ccc([I+]c3ccc(C(=O)Oc4ccc(C)cc4)o3)o2)cc1.Fc1c(F)c(F)c([B-](c2c(F)c(F)c(F)c(F)c2F)(c2c(F)c(F)c(F)c(F)c2F)c2c(F)c(F)c(F)c(F)c2F)c(F)c1F. The molecular formula is C48H18BF20IO6. The maximum atomic E-state index is 15.4. The monoisotopic (exact) mass is 1210 g/mol. The number of hydrogen-bond donors (Lipinski definition) is 0. The van der Waals surface area contributed by atoms with Crippen molar-refractivity contribution < 1.29 is 137 Å². The van der Waals surface area contributed by atoms with Gasteiger partial charge in [0.15, 0.2) is 69.8 Å². The largest absolute Gasteiger partial charge is 0.443 e. The normalized spacial score (nSPS) is 11.4. The van der Waals surface area contributed by atoms with Crippen LogP contribution >= 0.6 is 0 Å². The molecule has 0 saturated heterocycles. The molecule has 0 aliphatic heterocycles. The predicted molar refractivity (Wildman–Crippen MR) is 216 cm³/mol. The van der Waals surface area contributed by atoms with E-state index < -0.39 is 177 Å². The van der Waals surface area contributed by atoms with E-state index >= 15 is 35.1 Å². The Morgan fingerprint density at radius 3 is 0.763 bits per heavy atom. The molecule has 6 nitrogen and oxygen atoms in total. The summed E-state index contributed by atoms with van der Waals surface area (Å²) in [6, 6.07) is 20.9. The molecule has 0 radical (unpaired) electrons. The van der Waals surface area contributed by atoms with Gasteiger partial charge in [0, 0.05) is 12.1 Å². The number of esters is 2. The zero-order valence-corrected chi connectivity index (χ0v) is 39.0. The third-order valence-electron chi connectivity index (χ3n) is 10.9. The van der Waals surface area contributed by atoms with Gasteiger partial charge in [0.25, 0.3) is 0 Å². The van der Waals surface area contributed by atoms with Crippen molar-refractivity contribution in [1.82, 2.24) is 0 Å². The number of carbonyl (C=O) groups is 2. The van der Waals surface area contributed by atoms with Gasteiger partial charge in [-0.15, -0.1) is 21.9 Å². The van der Waals surface area contributed by atoms with Gasteiger partial charge in [-0.05, 0) is 50.2 Å². The van der Waals surface area contributed by atoms with Crippen molar-refractivity contribution in [2.75, 3.05) is 0 Å². The number of benzene rings is 6. The molecule has 0 spiro atoms. The third kappa shape index (κ3) is 9.72. The minimum Gasteiger partial charge on any atom is -0.421 e. The third-order valence-corrected chi connectivity index (χ3v) is 13.1. The highest BCUT2D eigenvalue weighted by atomic mass is 127. The fourth-order valence-electron chi connectivity index (χ4n) is 7.44. The molecule has 0 atom stereocenters. The molecule has 0 saturated carbocycles. The summed E-state index contributed by atoms with van der Waals surface area (Å²) in [7, 11) is 0. The summed E-state index contributed by atoms with van der Waals surface area (Å²) in [6.07, 6.45) is -7.22.